The SMILES string of the molecule is C[C@@H](O)[C@H](NCc1ccc(C#CC#Cc2ccccc2)cc1)C(=O)NO. The molecule has 2 atom stereocenters. The van der Waals surface area contributed by atoms with Crippen molar-refractivity contribution < 1.29 is 15.1 Å². The molecule has 0 aliphatic carbocycles. The van der Waals surface area contributed by atoms with Gasteiger partial charge in [0.15, 0.2) is 0 Å². The molecule has 0 aliphatic heterocycles. The number of hydrogen-bond acceptors (Lipinski definition) is 4. The van der Waals surface area contributed by atoms with E-state index in [4.69, 9.17) is 5.21 Å². The van der Waals surface area contributed by atoms with E-state index < -0.39 is 18.1 Å². The highest BCUT2D eigenvalue weighted by atomic mass is 16.5. The molecule has 0 aliphatic rings. The van der Waals surface area contributed by atoms with Gasteiger partial charge in [0.2, 0.25) is 0 Å². The molecule has 1 amide bonds. The predicted octanol–water partition coefficient (Wildman–Crippen LogP) is 1.43. The molecule has 2 aromatic rings. The largest absolute Gasteiger partial charge is 0.391 e. The smallest absolute Gasteiger partial charge is 0.263 e. The van der Waals surface area contributed by atoms with E-state index in [1.165, 1.54) is 12.4 Å². The highest BCUT2D eigenvalue weighted by molar-refractivity contribution is 5.81. The first-order chi connectivity index (χ1) is 12.6. The number of hydrogen-bond donors (Lipinski definition) is 4. The van der Waals surface area contributed by atoms with Crippen LogP contribution < -0.4 is 10.8 Å². The Bertz CT molecular complexity index is 838. The number of hydroxylamine groups is 1. The Morgan fingerprint density at radius 2 is 1.58 bits per heavy atom. The van der Waals surface area contributed by atoms with Crippen LogP contribution in [0.3, 0.4) is 0 Å². The summed E-state index contributed by atoms with van der Waals surface area (Å²) in [4.78, 5) is 11.5. The number of aliphatic hydroxyl groups is 1. The fourth-order valence-electron chi connectivity index (χ4n) is 2.21. The van der Waals surface area contributed by atoms with E-state index in [0.29, 0.717) is 6.54 Å². The van der Waals surface area contributed by atoms with E-state index >= 15 is 0 Å². The first kappa shape index (κ1) is 19.2. The highest BCUT2D eigenvalue weighted by Gasteiger charge is 2.22. The second-order valence-electron chi connectivity index (χ2n) is 5.64. The molecule has 5 heteroatoms. The van der Waals surface area contributed by atoms with Gasteiger partial charge in [0.1, 0.15) is 6.04 Å². The molecule has 2 aromatic carbocycles. The minimum absolute atomic E-state index is 0.366. The molecule has 0 fully saturated rings. The van der Waals surface area contributed by atoms with Crippen molar-refractivity contribution in [2.45, 2.75) is 25.6 Å². The summed E-state index contributed by atoms with van der Waals surface area (Å²) in [7, 11) is 0. The van der Waals surface area contributed by atoms with Gasteiger partial charge >= 0.3 is 0 Å². The number of carbonyl (C=O) groups is 1. The van der Waals surface area contributed by atoms with Gasteiger partial charge in [0, 0.05) is 17.7 Å². The fourth-order valence-corrected chi connectivity index (χ4v) is 2.21. The second-order valence-corrected chi connectivity index (χ2v) is 5.64. The van der Waals surface area contributed by atoms with E-state index in [-0.39, 0.29) is 0 Å². The number of aliphatic hydroxyl groups excluding tert-OH is 1. The van der Waals surface area contributed by atoms with Crippen molar-refractivity contribution in [3.63, 3.8) is 0 Å². The van der Waals surface area contributed by atoms with Crippen LogP contribution >= 0.6 is 0 Å². The molecule has 0 saturated carbocycles. The lowest BCUT2D eigenvalue weighted by molar-refractivity contribution is -0.134. The molecule has 5 nitrogen and oxygen atoms in total. The van der Waals surface area contributed by atoms with Crippen molar-refractivity contribution >= 4 is 5.91 Å². The van der Waals surface area contributed by atoms with Gasteiger partial charge in [0.25, 0.3) is 5.91 Å². The van der Waals surface area contributed by atoms with Crippen LogP contribution in [0.1, 0.15) is 23.6 Å². The van der Waals surface area contributed by atoms with Crippen LogP contribution in [0.15, 0.2) is 54.6 Å². The van der Waals surface area contributed by atoms with Gasteiger partial charge < -0.3 is 5.11 Å². The molecule has 0 radical (unpaired) electrons. The number of rotatable bonds is 5. The van der Waals surface area contributed by atoms with Crippen LogP contribution in [0.5, 0.6) is 0 Å². The number of benzene rings is 2. The third-order valence-electron chi connectivity index (χ3n) is 3.61. The first-order valence-electron chi connectivity index (χ1n) is 8.11. The van der Waals surface area contributed by atoms with Crippen molar-refractivity contribution in [3.05, 3.63) is 71.3 Å². The van der Waals surface area contributed by atoms with Gasteiger partial charge in [-0.05, 0) is 48.6 Å². The topological polar surface area (TPSA) is 81.6 Å². The van der Waals surface area contributed by atoms with Gasteiger partial charge in [-0.25, -0.2) is 5.48 Å². The van der Waals surface area contributed by atoms with E-state index in [2.05, 4.69) is 29.0 Å². The van der Waals surface area contributed by atoms with E-state index in [9.17, 15) is 9.90 Å². The zero-order valence-corrected chi connectivity index (χ0v) is 14.4. The molecule has 0 saturated heterocycles. The monoisotopic (exact) mass is 348 g/mol. The lowest BCUT2D eigenvalue weighted by Gasteiger charge is -2.19. The standard InChI is InChI=1S/C21H20N2O3/c1-16(24)20(21(25)23-26)22-15-19-13-11-18(12-14-19)10-6-5-9-17-7-3-2-4-8-17/h2-4,7-8,11-14,16,20,22,24,26H,15H2,1H3,(H,23,25)/t16-,20+/m1/s1. The normalized spacial score (nSPS) is 12.0. The summed E-state index contributed by atoms with van der Waals surface area (Å²) in [6, 6.07) is 16.2. The lowest BCUT2D eigenvalue weighted by atomic mass is 10.1. The summed E-state index contributed by atoms with van der Waals surface area (Å²) in [6.45, 7) is 1.84. The number of amides is 1. The van der Waals surface area contributed by atoms with Crippen molar-refractivity contribution in [3.8, 4) is 23.7 Å². The van der Waals surface area contributed by atoms with Gasteiger partial charge in [0.05, 0.1) is 6.10 Å². The van der Waals surface area contributed by atoms with E-state index in [1.807, 2.05) is 54.6 Å². The average Bonchev–Trinajstić information content (AvgIpc) is 2.66. The van der Waals surface area contributed by atoms with Crippen LogP contribution in [0.4, 0.5) is 0 Å². The Morgan fingerprint density at radius 3 is 2.12 bits per heavy atom. The van der Waals surface area contributed by atoms with Crippen LogP contribution in [0, 0.1) is 23.7 Å². The Hall–Kier alpha value is -3.09. The maximum Gasteiger partial charge on any atom is 0.263 e. The van der Waals surface area contributed by atoms with Gasteiger partial charge in [-0.1, -0.05) is 42.2 Å². The van der Waals surface area contributed by atoms with E-state index in [0.717, 1.165) is 16.7 Å². The van der Waals surface area contributed by atoms with Crippen LogP contribution in [0.25, 0.3) is 0 Å². The average molecular weight is 348 g/mol. The van der Waals surface area contributed by atoms with Crippen LogP contribution in [0.2, 0.25) is 0 Å². The molecule has 0 unspecified atom stereocenters. The van der Waals surface area contributed by atoms with Crippen molar-refractivity contribution in [1.29, 1.82) is 0 Å². The summed E-state index contributed by atoms with van der Waals surface area (Å²) in [5.41, 5.74) is 4.21. The lowest BCUT2D eigenvalue weighted by Crippen LogP contribution is -2.49. The Balaban J connectivity index is 1.93. The van der Waals surface area contributed by atoms with Gasteiger partial charge in [-0.2, -0.15) is 0 Å². The van der Waals surface area contributed by atoms with Crippen molar-refractivity contribution in [1.82, 2.24) is 10.8 Å². The molecule has 4 N–H and O–H groups in total. The minimum atomic E-state index is -0.935. The summed E-state index contributed by atoms with van der Waals surface area (Å²) in [5.74, 6) is 10.9. The summed E-state index contributed by atoms with van der Waals surface area (Å²) >= 11 is 0. The van der Waals surface area contributed by atoms with Gasteiger partial charge in [-0.15, -0.1) is 0 Å². The zero-order valence-electron chi connectivity index (χ0n) is 14.4. The molecule has 0 heterocycles. The third kappa shape index (κ3) is 6.08. The Morgan fingerprint density at radius 1 is 1.00 bits per heavy atom. The molecule has 0 bridgehead atoms. The minimum Gasteiger partial charge on any atom is -0.391 e. The van der Waals surface area contributed by atoms with Crippen LogP contribution in [-0.2, 0) is 11.3 Å². The quantitative estimate of drug-likeness (QED) is 0.374. The highest BCUT2D eigenvalue weighted by Crippen LogP contribution is 2.04. The second kappa shape index (κ2) is 10.0. The van der Waals surface area contributed by atoms with Crippen molar-refractivity contribution in [2.24, 2.45) is 0 Å². The Kier molecular flexibility index (Phi) is 7.42. The Labute approximate surface area is 153 Å². The number of nitrogens with one attached hydrogen (secondary N) is 2. The number of carbonyl (C=O) groups excluding carboxylic acids is 1. The summed E-state index contributed by atoms with van der Waals surface area (Å²) < 4.78 is 0. The molecule has 132 valence electrons. The molecule has 0 spiro atoms. The maximum atomic E-state index is 11.5. The fraction of sp³-hybridized carbons (Fsp3) is 0.190. The third-order valence-corrected chi connectivity index (χ3v) is 3.61. The molecule has 0 aromatic heterocycles. The van der Waals surface area contributed by atoms with Gasteiger partial charge in [-0.3, -0.25) is 15.3 Å². The predicted molar refractivity (Wildman–Crippen MR) is 98.9 cm³/mol. The van der Waals surface area contributed by atoms with Crippen LogP contribution in [-0.4, -0.2) is 28.4 Å². The molecule has 26 heavy (non-hydrogen) atoms. The maximum absolute atomic E-state index is 11.5. The van der Waals surface area contributed by atoms with E-state index in [1.54, 1.807) is 0 Å². The molecular weight excluding hydrogens is 328 g/mol. The summed E-state index contributed by atoms with van der Waals surface area (Å²) in [5, 5.41) is 21.2. The summed E-state index contributed by atoms with van der Waals surface area (Å²) in [6.07, 6.45) is -0.935. The first-order valence-corrected chi connectivity index (χ1v) is 8.11. The zero-order chi connectivity index (χ0) is 18.8. The molecular formula is C21H20N2O3. The molecule has 2 rings (SSSR count). The van der Waals surface area contributed by atoms with Crippen molar-refractivity contribution in [2.75, 3.05) is 0 Å².